The number of fused-ring (bicyclic) bond motifs is 1. The third-order valence-corrected chi connectivity index (χ3v) is 5.16. The molecule has 0 spiro atoms. The van der Waals surface area contributed by atoms with Crippen molar-refractivity contribution in [3.63, 3.8) is 0 Å². The molecule has 1 aliphatic heterocycles. The van der Waals surface area contributed by atoms with E-state index in [4.69, 9.17) is 0 Å². The molecule has 8 heteroatoms. The van der Waals surface area contributed by atoms with Crippen LogP contribution in [0.4, 0.5) is 10.8 Å². The van der Waals surface area contributed by atoms with Gasteiger partial charge >= 0.3 is 0 Å². The third-order valence-electron chi connectivity index (χ3n) is 4.35. The molecule has 0 aliphatic carbocycles. The molecular weight excluding hydrogens is 362 g/mol. The van der Waals surface area contributed by atoms with E-state index in [0.29, 0.717) is 10.8 Å². The Bertz CT molecular complexity index is 989. The Labute approximate surface area is 160 Å². The number of thiazole rings is 1. The summed E-state index contributed by atoms with van der Waals surface area (Å²) in [6, 6.07) is 9.74. The lowest BCUT2D eigenvalue weighted by molar-refractivity contribution is -0.118. The van der Waals surface area contributed by atoms with Gasteiger partial charge in [-0.25, -0.2) is 15.0 Å². The molecule has 1 atom stereocenters. The predicted octanol–water partition coefficient (Wildman–Crippen LogP) is 2.71. The molecule has 1 aliphatic rings. The second-order valence-electron chi connectivity index (χ2n) is 6.29. The number of rotatable bonds is 4. The van der Waals surface area contributed by atoms with Crippen molar-refractivity contribution in [1.29, 1.82) is 0 Å². The minimum atomic E-state index is -0.426. The molecule has 7 nitrogen and oxygen atoms in total. The van der Waals surface area contributed by atoms with Gasteiger partial charge in [0.25, 0.3) is 5.91 Å². The monoisotopic (exact) mass is 379 g/mol. The van der Waals surface area contributed by atoms with Gasteiger partial charge in [0.05, 0.1) is 12.1 Å². The van der Waals surface area contributed by atoms with Crippen LogP contribution in [0.1, 0.15) is 28.8 Å². The van der Waals surface area contributed by atoms with Gasteiger partial charge in [-0.2, -0.15) is 0 Å². The van der Waals surface area contributed by atoms with Crippen LogP contribution in [-0.2, 0) is 17.6 Å². The van der Waals surface area contributed by atoms with E-state index in [-0.39, 0.29) is 24.2 Å². The number of para-hydroxylation sites is 1. The van der Waals surface area contributed by atoms with Gasteiger partial charge in [0.15, 0.2) is 5.13 Å². The first-order chi connectivity index (χ1) is 13.1. The molecular formula is C19H17N5O2S. The second kappa shape index (κ2) is 7.24. The van der Waals surface area contributed by atoms with E-state index in [1.54, 1.807) is 11.4 Å². The zero-order valence-electron chi connectivity index (χ0n) is 14.6. The van der Waals surface area contributed by atoms with Crippen LogP contribution in [0.15, 0.2) is 48.1 Å². The highest BCUT2D eigenvalue weighted by Gasteiger charge is 2.30. The highest BCUT2D eigenvalue weighted by Crippen LogP contribution is 2.32. The fourth-order valence-electron chi connectivity index (χ4n) is 3.20. The Kier molecular flexibility index (Phi) is 4.64. The number of nitrogens with zero attached hydrogens (tertiary/aromatic N) is 4. The Morgan fingerprint density at radius 2 is 2.00 bits per heavy atom. The Morgan fingerprint density at radius 1 is 1.22 bits per heavy atom. The predicted molar refractivity (Wildman–Crippen MR) is 103 cm³/mol. The summed E-state index contributed by atoms with van der Waals surface area (Å²) < 4.78 is 0. The molecule has 0 saturated heterocycles. The lowest BCUT2D eigenvalue weighted by Gasteiger charge is -2.22. The Morgan fingerprint density at radius 3 is 2.81 bits per heavy atom. The van der Waals surface area contributed by atoms with Crippen LogP contribution in [0, 0.1) is 0 Å². The number of nitrogens with one attached hydrogen (secondary N) is 1. The lowest BCUT2D eigenvalue weighted by atomic mass is 10.1. The summed E-state index contributed by atoms with van der Waals surface area (Å²) in [4.78, 5) is 38.9. The smallest absolute Gasteiger partial charge is 0.295 e. The number of hydrogen-bond acceptors (Lipinski definition) is 6. The number of anilines is 2. The standard InChI is InChI=1S/C19H17N5O2S/c1-12-9-13-5-2-3-6-15(13)24(12)16(25)10-14-11-27-19(22-14)23-18(26)17-20-7-4-8-21-17/h2-8,11-12H,9-10H2,1H3,(H,22,23,26). The number of amides is 2. The second-order valence-corrected chi connectivity index (χ2v) is 7.15. The first-order valence-corrected chi connectivity index (χ1v) is 9.42. The van der Waals surface area contributed by atoms with E-state index in [2.05, 4.69) is 26.3 Å². The number of carbonyl (C=O) groups excluding carboxylic acids is 2. The Balaban J connectivity index is 1.44. The van der Waals surface area contributed by atoms with Crippen molar-refractivity contribution >= 4 is 34.0 Å². The minimum absolute atomic E-state index is 0.00187. The normalized spacial score (nSPS) is 15.4. The molecule has 1 N–H and O–H groups in total. The van der Waals surface area contributed by atoms with Crippen LogP contribution >= 0.6 is 11.3 Å². The van der Waals surface area contributed by atoms with Crippen molar-refractivity contribution in [3.05, 3.63) is 65.2 Å². The number of benzene rings is 1. The quantitative estimate of drug-likeness (QED) is 0.753. The van der Waals surface area contributed by atoms with Crippen LogP contribution < -0.4 is 10.2 Å². The summed E-state index contributed by atoms with van der Waals surface area (Å²) in [7, 11) is 0. The molecule has 0 bridgehead atoms. The van der Waals surface area contributed by atoms with Gasteiger partial charge in [0, 0.05) is 29.5 Å². The van der Waals surface area contributed by atoms with Gasteiger partial charge in [-0.3, -0.25) is 14.9 Å². The summed E-state index contributed by atoms with van der Waals surface area (Å²) in [5, 5.41) is 4.87. The number of hydrogen-bond donors (Lipinski definition) is 1. The van der Waals surface area contributed by atoms with Gasteiger partial charge in [0.1, 0.15) is 0 Å². The average Bonchev–Trinajstić information content (AvgIpc) is 3.25. The molecule has 4 rings (SSSR count). The first-order valence-electron chi connectivity index (χ1n) is 8.54. The van der Waals surface area contributed by atoms with Crippen molar-refractivity contribution in [1.82, 2.24) is 15.0 Å². The molecule has 0 fully saturated rings. The van der Waals surface area contributed by atoms with Gasteiger partial charge in [-0.05, 0) is 31.0 Å². The Hall–Kier alpha value is -3.13. The molecule has 1 aromatic carbocycles. The summed E-state index contributed by atoms with van der Waals surface area (Å²) in [5.74, 6) is -0.347. The summed E-state index contributed by atoms with van der Waals surface area (Å²) in [6.45, 7) is 2.05. The van der Waals surface area contributed by atoms with Gasteiger partial charge in [0.2, 0.25) is 11.7 Å². The summed E-state index contributed by atoms with van der Waals surface area (Å²) in [5.41, 5.74) is 2.79. The van der Waals surface area contributed by atoms with Crippen LogP contribution in [-0.4, -0.2) is 32.8 Å². The molecule has 27 heavy (non-hydrogen) atoms. The molecule has 1 unspecified atom stereocenters. The number of carbonyl (C=O) groups is 2. The maximum atomic E-state index is 12.8. The third kappa shape index (κ3) is 3.56. The minimum Gasteiger partial charge on any atom is -0.309 e. The first kappa shape index (κ1) is 17.3. The van der Waals surface area contributed by atoms with Crippen LogP contribution in [0.3, 0.4) is 0 Å². The lowest BCUT2D eigenvalue weighted by Crippen LogP contribution is -2.36. The molecule has 2 aromatic heterocycles. The van der Waals surface area contributed by atoms with Gasteiger partial charge in [-0.15, -0.1) is 11.3 Å². The average molecular weight is 379 g/mol. The summed E-state index contributed by atoms with van der Waals surface area (Å²) in [6.07, 6.45) is 4.05. The maximum Gasteiger partial charge on any atom is 0.295 e. The van der Waals surface area contributed by atoms with E-state index in [1.807, 2.05) is 30.0 Å². The van der Waals surface area contributed by atoms with Crippen molar-refractivity contribution < 1.29 is 9.59 Å². The van der Waals surface area contributed by atoms with Crippen LogP contribution in [0.5, 0.6) is 0 Å². The van der Waals surface area contributed by atoms with Crippen molar-refractivity contribution in [2.24, 2.45) is 0 Å². The van der Waals surface area contributed by atoms with Crippen molar-refractivity contribution in [2.75, 3.05) is 10.2 Å². The maximum absolute atomic E-state index is 12.8. The van der Waals surface area contributed by atoms with Crippen molar-refractivity contribution in [2.45, 2.75) is 25.8 Å². The van der Waals surface area contributed by atoms with Crippen LogP contribution in [0.2, 0.25) is 0 Å². The van der Waals surface area contributed by atoms with E-state index < -0.39 is 5.91 Å². The van der Waals surface area contributed by atoms with Crippen molar-refractivity contribution in [3.8, 4) is 0 Å². The molecule has 3 heterocycles. The van der Waals surface area contributed by atoms with Crippen LogP contribution in [0.25, 0.3) is 0 Å². The van der Waals surface area contributed by atoms with Gasteiger partial charge in [-0.1, -0.05) is 18.2 Å². The largest absolute Gasteiger partial charge is 0.309 e. The van der Waals surface area contributed by atoms with Gasteiger partial charge < -0.3 is 4.90 Å². The molecule has 0 saturated carbocycles. The zero-order valence-corrected chi connectivity index (χ0v) is 15.4. The van der Waals surface area contributed by atoms with E-state index in [0.717, 1.165) is 12.1 Å². The molecule has 0 radical (unpaired) electrons. The molecule has 2 amide bonds. The van der Waals surface area contributed by atoms with E-state index >= 15 is 0 Å². The molecule has 3 aromatic rings. The SMILES string of the molecule is CC1Cc2ccccc2N1C(=O)Cc1csc(NC(=O)c2ncccn2)n1. The highest BCUT2D eigenvalue weighted by molar-refractivity contribution is 7.14. The summed E-state index contributed by atoms with van der Waals surface area (Å²) >= 11 is 1.27. The fraction of sp³-hybridized carbons (Fsp3) is 0.211. The topological polar surface area (TPSA) is 88.1 Å². The fourth-order valence-corrected chi connectivity index (χ4v) is 3.91. The highest BCUT2D eigenvalue weighted by atomic mass is 32.1. The zero-order chi connectivity index (χ0) is 18.8. The number of aromatic nitrogens is 3. The van der Waals surface area contributed by atoms with E-state index in [9.17, 15) is 9.59 Å². The van der Waals surface area contributed by atoms with E-state index in [1.165, 1.54) is 29.3 Å². The molecule has 136 valence electrons.